The molecule has 2 aromatic carbocycles. The Labute approximate surface area is 193 Å². The van der Waals surface area contributed by atoms with E-state index in [2.05, 4.69) is 34.9 Å². The number of hydrogen-bond acceptors (Lipinski definition) is 4. The van der Waals surface area contributed by atoms with Crippen LogP contribution in [0.25, 0.3) is 0 Å². The molecule has 0 unspecified atom stereocenters. The Bertz CT molecular complexity index is 983. The minimum atomic E-state index is -0.499. The number of benzene rings is 2. The van der Waals surface area contributed by atoms with Crippen molar-refractivity contribution < 1.29 is 14.7 Å². The van der Waals surface area contributed by atoms with Crippen molar-refractivity contribution in [3.05, 3.63) is 76.5 Å². The lowest BCUT2D eigenvalue weighted by molar-refractivity contribution is -0.127. The summed E-state index contributed by atoms with van der Waals surface area (Å²) in [4.78, 5) is 26.6. The smallest absolute Gasteiger partial charge is 0.289 e. The van der Waals surface area contributed by atoms with E-state index < -0.39 is 11.7 Å². The molecule has 32 heavy (non-hydrogen) atoms. The van der Waals surface area contributed by atoms with E-state index in [0.29, 0.717) is 24.0 Å². The van der Waals surface area contributed by atoms with E-state index in [9.17, 15) is 14.7 Å². The Morgan fingerprint density at radius 2 is 1.72 bits per heavy atom. The van der Waals surface area contributed by atoms with Gasteiger partial charge in [0.25, 0.3) is 11.8 Å². The van der Waals surface area contributed by atoms with Crippen LogP contribution < -0.4 is 10.6 Å². The van der Waals surface area contributed by atoms with Crippen LogP contribution in [-0.2, 0) is 9.59 Å². The fraction of sp³-hybridized carbons (Fsp3) is 0.360. The van der Waals surface area contributed by atoms with Crippen LogP contribution in [0.5, 0.6) is 0 Å². The summed E-state index contributed by atoms with van der Waals surface area (Å²) in [5.41, 5.74) is 2.40. The highest BCUT2D eigenvalue weighted by Crippen LogP contribution is 2.33. The first kappa shape index (κ1) is 22.2. The number of aliphatic hydroxyl groups is 1. The molecule has 3 N–H and O–H groups in total. The monoisotopic (exact) mass is 453 g/mol. The number of nitrogens with zero attached hydrogens (tertiary/aromatic N) is 1. The first-order valence-electron chi connectivity index (χ1n) is 11.1. The van der Waals surface area contributed by atoms with E-state index in [0.717, 1.165) is 31.4 Å². The molecule has 0 atom stereocenters. The number of hydrogen-bond donors (Lipinski definition) is 3. The van der Waals surface area contributed by atoms with Gasteiger partial charge < -0.3 is 20.6 Å². The zero-order chi connectivity index (χ0) is 22.5. The highest BCUT2D eigenvalue weighted by Gasteiger charge is 2.34. The molecule has 1 heterocycles. The van der Waals surface area contributed by atoms with Crippen LogP contribution in [0.1, 0.15) is 37.2 Å². The maximum Gasteiger partial charge on any atom is 0.289 e. The molecule has 4 rings (SSSR count). The average molecular weight is 454 g/mol. The second kappa shape index (κ2) is 10.1. The molecule has 1 fully saturated rings. The van der Waals surface area contributed by atoms with Gasteiger partial charge in [0.1, 0.15) is 0 Å². The van der Waals surface area contributed by atoms with Gasteiger partial charge >= 0.3 is 0 Å². The van der Waals surface area contributed by atoms with Crippen molar-refractivity contribution in [1.82, 2.24) is 10.2 Å². The Morgan fingerprint density at radius 3 is 2.41 bits per heavy atom. The van der Waals surface area contributed by atoms with E-state index in [1.807, 2.05) is 18.2 Å². The summed E-state index contributed by atoms with van der Waals surface area (Å²) in [6.45, 7) is 1.00. The van der Waals surface area contributed by atoms with E-state index >= 15 is 0 Å². The molecule has 1 saturated carbocycles. The number of nitrogens with one attached hydrogen (secondary N) is 2. The molecule has 168 valence electrons. The molecular formula is C25H28ClN3O3. The summed E-state index contributed by atoms with van der Waals surface area (Å²) in [5.74, 6) is -0.756. The fourth-order valence-corrected chi connectivity index (χ4v) is 4.57. The summed E-state index contributed by atoms with van der Waals surface area (Å²) in [6.07, 6.45) is 3.81. The third kappa shape index (κ3) is 5.25. The van der Waals surface area contributed by atoms with Gasteiger partial charge in [0.2, 0.25) is 0 Å². The summed E-state index contributed by atoms with van der Waals surface area (Å²) in [6, 6.07) is 17.8. The van der Waals surface area contributed by atoms with E-state index in [4.69, 9.17) is 11.6 Å². The molecule has 0 spiro atoms. The molecule has 0 aromatic heterocycles. The van der Waals surface area contributed by atoms with Gasteiger partial charge in [0.15, 0.2) is 5.76 Å². The first-order chi connectivity index (χ1) is 15.5. The molecule has 2 aromatic rings. The maximum atomic E-state index is 12.8. The van der Waals surface area contributed by atoms with Crippen molar-refractivity contribution in [1.29, 1.82) is 0 Å². The van der Waals surface area contributed by atoms with Gasteiger partial charge in [-0.1, -0.05) is 41.9 Å². The van der Waals surface area contributed by atoms with Crippen LogP contribution in [0.4, 0.5) is 5.69 Å². The minimum Gasteiger partial charge on any atom is -0.503 e. The van der Waals surface area contributed by atoms with Gasteiger partial charge in [-0.15, -0.1) is 0 Å². The van der Waals surface area contributed by atoms with Crippen LogP contribution in [0.15, 0.2) is 65.9 Å². The number of rotatable bonds is 7. The lowest BCUT2D eigenvalue weighted by Crippen LogP contribution is -2.39. The van der Waals surface area contributed by atoms with Gasteiger partial charge in [-0.2, -0.15) is 0 Å². The van der Waals surface area contributed by atoms with Gasteiger partial charge in [-0.05, 0) is 61.4 Å². The molecule has 7 heteroatoms. The Morgan fingerprint density at radius 1 is 1.03 bits per heavy atom. The van der Waals surface area contributed by atoms with Gasteiger partial charge in [-0.25, -0.2) is 0 Å². The molecule has 1 aliphatic heterocycles. The number of carbonyl (C=O) groups is 2. The van der Waals surface area contributed by atoms with Crippen molar-refractivity contribution in [2.75, 3.05) is 25.0 Å². The Balaban J connectivity index is 1.25. The van der Waals surface area contributed by atoms with Crippen LogP contribution in [-0.4, -0.2) is 47.5 Å². The van der Waals surface area contributed by atoms with Crippen LogP contribution >= 0.6 is 11.6 Å². The number of aliphatic hydroxyl groups excluding tert-OH is 1. The Kier molecular flexibility index (Phi) is 7.00. The number of amides is 2. The largest absolute Gasteiger partial charge is 0.503 e. The SMILES string of the molecule is O=C(NC1CCC(c2ccccc2)CC1)C1=C(O)C(=O)N(CCNc2ccc(Cl)cc2)C1. The van der Waals surface area contributed by atoms with Crippen LogP contribution in [0.2, 0.25) is 5.02 Å². The average Bonchev–Trinajstić information content (AvgIpc) is 3.10. The lowest BCUT2D eigenvalue weighted by atomic mass is 9.82. The summed E-state index contributed by atoms with van der Waals surface area (Å²) in [5, 5.41) is 17.2. The normalized spacial score (nSPS) is 21.0. The van der Waals surface area contributed by atoms with Crippen molar-refractivity contribution in [2.45, 2.75) is 37.6 Å². The quantitative estimate of drug-likeness (QED) is 0.585. The number of carbonyl (C=O) groups excluding carboxylic acids is 2. The van der Waals surface area contributed by atoms with Crippen molar-refractivity contribution >= 4 is 29.1 Å². The number of anilines is 1. The summed E-state index contributed by atoms with van der Waals surface area (Å²) < 4.78 is 0. The zero-order valence-corrected chi connectivity index (χ0v) is 18.6. The highest BCUT2D eigenvalue weighted by atomic mass is 35.5. The molecule has 0 bridgehead atoms. The molecule has 1 aliphatic carbocycles. The molecule has 6 nitrogen and oxygen atoms in total. The minimum absolute atomic E-state index is 0.0680. The summed E-state index contributed by atoms with van der Waals surface area (Å²) >= 11 is 5.88. The fourth-order valence-electron chi connectivity index (χ4n) is 4.45. The van der Waals surface area contributed by atoms with Gasteiger partial charge in [0.05, 0.1) is 12.1 Å². The zero-order valence-electron chi connectivity index (χ0n) is 17.9. The van der Waals surface area contributed by atoms with Crippen molar-refractivity contribution in [3.8, 4) is 0 Å². The first-order valence-corrected chi connectivity index (χ1v) is 11.5. The van der Waals surface area contributed by atoms with Crippen molar-refractivity contribution in [3.63, 3.8) is 0 Å². The molecule has 0 radical (unpaired) electrons. The standard InChI is InChI=1S/C25H28ClN3O3/c26-19-8-12-20(13-9-19)27-14-15-29-16-22(23(30)25(29)32)24(31)28-21-10-6-18(7-11-21)17-4-2-1-3-5-17/h1-5,8-9,12-13,18,21,27,30H,6-7,10-11,14-16H2,(H,28,31). The second-order valence-corrected chi connectivity index (χ2v) is 8.86. The third-order valence-corrected chi connectivity index (χ3v) is 6.54. The predicted octanol–water partition coefficient (Wildman–Crippen LogP) is 4.25. The summed E-state index contributed by atoms with van der Waals surface area (Å²) in [7, 11) is 0. The lowest BCUT2D eigenvalue weighted by Gasteiger charge is -2.29. The predicted molar refractivity (Wildman–Crippen MR) is 126 cm³/mol. The highest BCUT2D eigenvalue weighted by molar-refractivity contribution is 6.30. The molecule has 0 saturated heterocycles. The third-order valence-electron chi connectivity index (χ3n) is 6.29. The molecular weight excluding hydrogens is 426 g/mol. The Hall–Kier alpha value is -2.99. The second-order valence-electron chi connectivity index (χ2n) is 8.42. The van der Waals surface area contributed by atoms with E-state index in [1.165, 1.54) is 10.5 Å². The number of halogens is 1. The molecule has 2 aliphatic rings. The van der Waals surface area contributed by atoms with Gasteiger partial charge in [0, 0.05) is 29.8 Å². The maximum absolute atomic E-state index is 12.8. The van der Waals surface area contributed by atoms with E-state index in [-0.39, 0.29) is 24.1 Å². The van der Waals surface area contributed by atoms with Crippen LogP contribution in [0.3, 0.4) is 0 Å². The van der Waals surface area contributed by atoms with E-state index in [1.54, 1.807) is 12.1 Å². The van der Waals surface area contributed by atoms with Crippen LogP contribution in [0, 0.1) is 0 Å². The topological polar surface area (TPSA) is 81.7 Å². The van der Waals surface area contributed by atoms with Crippen molar-refractivity contribution in [2.24, 2.45) is 0 Å². The van der Waals surface area contributed by atoms with Gasteiger partial charge in [-0.3, -0.25) is 9.59 Å². The molecule has 2 amide bonds.